The molecule has 2 heterocycles. The summed E-state index contributed by atoms with van der Waals surface area (Å²) in [5, 5.41) is 3.74. The van der Waals surface area contributed by atoms with Crippen molar-refractivity contribution >= 4 is 38.4 Å². The summed E-state index contributed by atoms with van der Waals surface area (Å²) in [7, 11) is 0. The van der Waals surface area contributed by atoms with Gasteiger partial charge in [-0.1, -0.05) is 66.7 Å². The molecule has 0 aliphatic heterocycles. The number of imidazole rings is 1. The summed E-state index contributed by atoms with van der Waals surface area (Å²) < 4.78 is 2.34. The van der Waals surface area contributed by atoms with Crippen molar-refractivity contribution in [3.8, 4) is 11.1 Å². The molecular weight excluding hydrogens is 340 g/mol. The fraction of sp³-hybridized carbons (Fsp3) is 0.0385. The van der Waals surface area contributed by atoms with E-state index < -0.39 is 0 Å². The van der Waals surface area contributed by atoms with E-state index in [0.717, 1.165) is 17.6 Å². The minimum absolute atomic E-state index is 0.997. The molecule has 2 heteroatoms. The Morgan fingerprint density at radius 3 is 2.29 bits per heavy atom. The number of fused-ring (bicyclic) bond motifs is 11. The van der Waals surface area contributed by atoms with Gasteiger partial charge in [0.05, 0.1) is 16.6 Å². The molecule has 0 radical (unpaired) electrons. The Balaban J connectivity index is 1.72. The lowest BCUT2D eigenvalue weighted by Gasteiger charge is -2.09. The smallest absolute Gasteiger partial charge is 0.146 e. The quantitative estimate of drug-likeness (QED) is 0.289. The van der Waals surface area contributed by atoms with Crippen molar-refractivity contribution in [2.45, 2.75) is 6.42 Å². The molecule has 6 aromatic rings. The highest BCUT2D eigenvalue weighted by Crippen LogP contribution is 2.40. The fourth-order valence-corrected chi connectivity index (χ4v) is 4.94. The fourth-order valence-electron chi connectivity index (χ4n) is 4.94. The van der Waals surface area contributed by atoms with Crippen molar-refractivity contribution in [1.29, 1.82) is 0 Å². The zero-order chi connectivity index (χ0) is 18.2. The maximum atomic E-state index is 5.10. The topological polar surface area (TPSA) is 17.3 Å². The lowest BCUT2D eigenvalue weighted by Crippen LogP contribution is -1.91. The minimum Gasteiger partial charge on any atom is -0.292 e. The lowest BCUT2D eigenvalue weighted by atomic mass is 10.0. The van der Waals surface area contributed by atoms with E-state index in [1.807, 2.05) is 0 Å². The summed E-state index contributed by atoms with van der Waals surface area (Å²) in [6, 6.07) is 30.6. The van der Waals surface area contributed by atoms with Crippen LogP contribution in [0, 0.1) is 0 Å². The Morgan fingerprint density at radius 2 is 1.36 bits per heavy atom. The largest absolute Gasteiger partial charge is 0.292 e. The molecular formula is C26H16N2. The Morgan fingerprint density at radius 1 is 0.607 bits per heavy atom. The Kier molecular flexibility index (Phi) is 2.57. The summed E-state index contributed by atoms with van der Waals surface area (Å²) in [6.45, 7) is 0. The highest BCUT2D eigenvalue weighted by molar-refractivity contribution is 6.14. The van der Waals surface area contributed by atoms with Crippen LogP contribution >= 0.6 is 0 Å². The molecule has 1 aliphatic rings. The Labute approximate surface area is 161 Å². The van der Waals surface area contributed by atoms with E-state index >= 15 is 0 Å². The molecule has 0 saturated carbocycles. The summed E-state index contributed by atoms with van der Waals surface area (Å²) in [6.07, 6.45) is 0.997. The molecule has 7 rings (SSSR count). The van der Waals surface area contributed by atoms with Gasteiger partial charge in [0.25, 0.3) is 0 Å². The second kappa shape index (κ2) is 4.99. The first kappa shape index (κ1) is 14.4. The maximum Gasteiger partial charge on any atom is 0.146 e. The van der Waals surface area contributed by atoms with E-state index in [-0.39, 0.29) is 0 Å². The van der Waals surface area contributed by atoms with Crippen molar-refractivity contribution in [3.63, 3.8) is 0 Å². The van der Waals surface area contributed by atoms with Gasteiger partial charge in [-0.3, -0.25) is 4.40 Å². The predicted molar refractivity (Wildman–Crippen MR) is 116 cm³/mol. The zero-order valence-electron chi connectivity index (χ0n) is 15.2. The van der Waals surface area contributed by atoms with Crippen molar-refractivity contribution in [3.05, 3.63) is 96.1 Å². The molecule has 2 aromatic heterocycles. The van der Waals surface area contributed by atoms with Crippen LogP contribution in [0.3, 0.4) is 0 Å². The van der Waals surface area contributed by atoms with Crippen LogP contribution in [0.4, 0.5) is 0 Å². The van der Waals surface area contributed by atoms with Crippen LogP contribution in [0.1, 0.15) is 11.1 Å². The number of hydrogen-bond acceptors (Lipinski definition) is 1. The maximum absolute atomic E-state index is 5.10. The monoisotopic (exact) mass is 356 g/mol. The van der Waals surface area contributed by atoms with Gasteiger partial charge in [-0.05, 0) is 52.3 Å². The number of benzene rings is 4. The van der Waals surface area contributed by atoms with E-state index in [2.05, 4.69) is 89.3 Å². The van der Waals surface area contributed by atoms with Gasteiger partial charge in [0, 0.05) is 10.8 Å². The van der Waals surface area contributed by atoms with Gasteiger partial charge in [-0.25, -0.2) is 4.98 Å². The normalized spacial score (nSPS) is 12.9. The number of para-hydroxylation sites is 1. The summed E-state index contributed by atoms with van der Waals surface area (Å²) in [5.41, 5.74) is 10.0. The average molecular weight is 356 g/mol. The predicted octanol–water partition coefficient (Wildman–Crippen LogP) is 6.37. The Hall–Kier alpha value is -3.65. The third-order valence-electron chi connectivity index (χ3n) is 6.17. The van der Waals surface area contributed by atoms with Crippen LogP contribution in [0.15, 0.2) is 84.9 Å². The SMILES string of the molecule is c1ccc2c(c1)Cc1cc3nc4c5ccccc5c5ccccc5n4c3cc1-2. The summed E-state index contributed by atoms with van der Waals surface area (Å²) >= 11 is 0. The van der Waals surface area contributed by atoms with Gasteiger partial charge in [0.1, 0.15) is 5.65 Å². The molecule has 0 spiro atoms. The van der Waals surface area contributed by atoms with Gasteiger partial charge < -0.3 is 0 Å². The van der Waals surface area contributed by atoms with Crippen molar-refractivity contribution in [2.75, 3.05) is 0 Å². The van der Waals surface area contributed by atoms with Gasteiger partial charge in [0.15, 0.2) is 0 Å². The van der Waals surface area contributed by atoms with Crippen LogP contribution in [-0.2, 0) is 6.42 Å². The standard InChI is InChI=1S/C26H16N2/c1-2-8-18-16(7-1)13-17-14-23-25(15-22(17)18)28-24-12-6-5-10-20(24)19-9-3-4-11-21(19)26(28)27-23/h1-12,14-15H,13H2. The second-order valence-corrected chi connectivity index (χ2v) is 7.67. The minimum atomic E-state index is 0.997. The van der Waals surface area contributed by atoms with E-state index in [1.165, 1.54) is 49.4 Å². The number of aromatic nitrogens is 2. The van der Waals surface area contributed by atoms with Crippen molar-refractivity contribution in [2.24, 2.45) is 0 Å². The third kappa shape index (κ3) is 1.70. The first-order valence-corrected chi connectivity index (χ1v) is 9.71. The van der Waals surface area contributed by atoms with E-state index in [4.69, 9.17) is 4.98 Å². The van der Waals surface area contributed by atoms with Crippen molar-refractivity contribution < 1.29 is 0 Å². The molecule has 4 aromatic carbocycles. The Bertz CT molecular complexity index is 1590. The molecule has 2 nitrogen and oxygen atoms in total. The van der Waals surface area contributed by atoms with Crippen LogP contribution in [0.25, 0.3) is 49.5 Å². The molecule has 1 aliphatic carbocycles. The summed E-state index contributed by atoms with van der Waals surface area (Å²) in [4.78, 5) is 5.10. The molecule has 0 unspecified atom stereocenters. The van der Waals surface area contributed by atoms with Crippen molar-refractivity contribution in [1.82, 2.24) is 9.38 Å². The van der Waals surface area contributed by atoms with E-state index in [9.17, 15) is 0 Å². The number of nitrogens with zero attached hydrogens (tertiary/aromatic N) is 2. The number of rotatable bonds is 0. The van der Waals surface area contributed by atoms with Gasteiger partial charge >= 0.3 is 0 Å². The van der Waals surface area contributed by atoms with Gasteiger partial charge in [-0.15, -0.1) is 0 Å². The highest BCUT2D eigenvalue weighted by atomic mass is 15.0. The summed E-state index contributed by atoms with van der Waals surface area (Å²) in [5.74, 6) is 0. The van der Waals surface area contributed by atoms with Gasteiger partial charge in [-0.2, -0.15) is 0 Å². The van der Waals surface area contributed by atoms with Crippen LogP contribution in [-0.4, -0.2) is 9.38 Å². The van der Waals surface area contributed by atoms with Crippen LogP contribution in [0.2, 0.25) is 0 Å². The van der Waals surface area contributed by atoms with Crippen LogP contribution in [0.5, 0.6) is 0 Å². The van der Waals surface area contributed by atoms with Gasteiger partial charge in [0.2, 0.25) is 0 Å². The first-order chi connectivity index (χ1) is 13.9. The molecule has 0 amide bonds. The number of pyridine rings is 1. The molecule has 0 bridgehead atoms. The number of hydrogen-bond donors (Lipinski definition) is 0. The lowest BCUT2D eigenvalue weighted by molar-refractivity contribution is 1.27. The first-order valence-electron chi connectivity index (χ1n) is 9.71. The van der Waals surface area contributed by atoms with Crippen LogP contribution < -0.4 is 0 Å². The second-order valence-electron chi connectivity index (χ2n) is 7.67. The molecule has 130 valence electrons. The molecule has 0 fully saturated rings. The zero-order valence-corrected chi connectivity index (χ0v) is 15.2. The van der Waals surface area contributed by atoms with E-state index in [0.29, 0.717) is 0 Å². The third-order valence-corrected chi connectivity index (χ3v) is 6.17. The molecule has 0 atom stereocenters. The highest BCUT2D eigenvalue weighted by Gasteiger charge is 2.21. The molecule has 0 saturated heterocycles. The molecule has 0 N–H and O–H groups in total. The van der Waals surface area contributed by atoms with E-state index in [1.54, 1.807) is 0 Å². The average Bonchev–Trinajstić information content (AvgIpc) is 3.30. The molecule has 28 heavy (non-hydrogen) atoms.